The summed E-state index contributed by atoms with van der Waals surface area (Å²) in [6.07, 6.45) is 5.95. The molecular weight excluding hydrogens is 172 g/mol. The van der Waals surface area contributed by atoms with E-state index in [0.29, 0.717) is 12.1 Å². The Hall–Kier alpha value is -0.660. The maximum atomic E-state index is 3.42. The lowest BCUT2D eigenvalue weighted by Crippen LogP contribution is -2.34. The van der Waals surface area contributed by atoms with Crippen molar-refractivity contribution in [1.29, 1.82) is 0 Å². The molecule has 0 aliphatic heterocycles. The van der Waals surface area contributed by atoms with Crippen molar-refractivity contribution in [2.24, 2.45) is 0 Å². The first-order chi connectivity index (χ1) is 6.56. The van der Waals surface area contributed by atoms with Crippen LogP contribution in [0.4, 0.5) is 0 Å². The molecule has 0 saturated carbocycles. The molecule has 0 heterocycles. The minimum Gasteiger partial charge on any atom is -0.370 e. The van der Waals surface area contributed by atoms with Crippen LogP contribution in [0.15, 0.2) is 11.9 Å². The monoisotopic (exact) mass is 198 g/mol. The summed E-state index contributed by atoms with van der Waals surface area (Å²) in [6, 6.07) is 0.989. The number of hydrogen-bond acceptors (Lipinski definition) is 2. The van der Waals surface area contributed by atoms with E-state index in [1.165, 1.54) is 18.7 Å². The zero-order valence-corrected chi connectivity index (χ0v) is 10.4. The molecule has 0 saturated heterocycles. The Morgan fingerprint density at radius 3 is 1.93 bits per heavy atom. The van der Waals surface area contributed by atoms with Gasteiger partial charge in [0.15, 0.2) is 0 Å². The van der Waals surface area contributed by atoms with E-state index in [1.54, 1.807) is 0 Å². The van der Waals surface area contributed by atoms with Crippen LogP contribution >= 0.6 is 0 Å². The average molecular weight is 198 g/mol. The summed E-state index contributed by atoms with van der Waals surface area (Å²) in [5.74, 6) is 1.18. The average Bonchev–Trinajstić information content (AvgIpc) is 2.02. The lowest BCUT2D eigenvalue weighted by atomic mass is 10.2. The van der Waals surface area contributed by atoms with Gasteiger partial charge in [-0.05, 0) is 46.6 Å². The molecule has 0 aromatic rings. The zero-order chi connectivity index (χ0) is 11.0. The van der Waals surface area contributed by atoms with Crippen LogP contribution in [0.1, 0.15) is 53.9 Å². The first kappa shape index (κ1) is 13.3. The Morgan fingerprint density at radius 2 is 1.57 bits per heavy atom. The largest absolute Gasteiger partial charge is 0.370 e. The van der Waals surface area contributed by atoms with Crippen molar-refractivity contribution >= 4 is 0 Å². The number of allylic oxidation sites excluding steroid dienone is 1. The van der Waals surface area contributed by atoms with Crippen LogP contribution in [-0.4, -0.2) is 12.1 Å². The van der Waals surface area contributed by atoms with Gasteiger partial charge < -0.3 is 10.6 Å². The van der Waals surface area contributed by atoms with Crippen LogP contribution in [-0.2, 0) is 0 Å². The first-order valence-electron chi connectivity index (χ1n) is 5.79. The predicted octanol–water partition coefficient (Wildman–Crippen LogP) is 3.01. The highest BCUT2D eigenvalue weighted by atomic mass is 15.1. The normalized spacial score (nSPS) is 10.5. The van der Waals surface area contributed by atoms with Crippen molar-refractivity contribution < 1.29 is 0 Å². The van der Waals surface area contributed by atoms with Crippen LogP contribution < -0.4 is 10.6 Å². The van der Waals surface area contributed by atoms with E-state index in [-0.39, 0.29) is 0 Å². The van der Waals surface area contributed by atoms with Gasteiger partial charge in [-0.1, -0.05) is 13.3 Å². The summed E-state index contributed by atoms with van der Waals surface area (Å²) in [7, 11) is 0. The summed E-state index contributed by atoms with van der Waals surface area (Å²) in [4.78, 5) is 0. The van der Waals surface area contributed by atoms with Gasteiger partial charge in [-0.25, -0.2) is 0 Å². The van der Waals surface area contributed by atoms with Gasteiger partial charge in [-0.2, -0.15) is 0 Å². The van der Waals surface area contributed by atoms with E-state index >= 15 is 0 Å². The van der Waals surface area contributed by atoms with Crippen molar-refractivity contribution in [3.8, 4) is 0 Å². The second-order valence-corrected chi connectivity index (χ2v) is 4.36. The molecular formula is C12H26N2. The third-order valence-electron chi connectivity index (χ3n) is 1.79. The molecule has 0 bridgehead atoms. The van der Waals surface area contributed by atoms with Gasteiger partial charge in [-0.3, -0.25) is 0 Å². The van der Waals surface area contributed by atoms with E-state index < -0.39 is 0 Å². The molecule has 0 aromatic heterocycles. The lowest BCUT2D eigenvalue weighted by molar-refractivity contribution is 0.561. The van der Waals surface area contributed by atoms with Crippen molar-refractivity contribution in [1.82, 2.24) is 10.6 Å². The molecule has 0 atom stereocenters. The van der Waals surface area contributed by atoms with Crippen LogP contribution in [0.5, 0.6) is 0 Å². The first-order valence-corrected chi connectivity index (χ1v) is 5.79. The molecule has 14 heavy (non-hydrogen) atoms. The highest BCUT2D eigenvalue weighted by molar-refractivity contribution is 4.99. The van der Waals surface area contributed by atoms with Crippen LogP contribution in [0, 0.1) is 0 Å². The van der Waals surface area contributed by atoms with Crippen LogP contribution in [0.2, 0.25) is 0 Å². The number of rotatable bonds is 7. The summed E-state index contributed by atoms with van der Waals surface area (Å²) < 4.78 is 0. The fraction of sp³-hybridized carbons (Fsp3) is 0.833. The minimum absolute atomic E-state index is 0.495. The van der Waals surface area contributed by atoms with Gasteiger partial charge in [0, 0.05) is 12.1 Å². The third-order valence-corrected chi connectivity index (χ3v) is 1.79. The number of hydrogen-bond donors (Lipinski definition) is 2. The van der Waals surface area contributed by atoms with E-state index in [1.807, 2.05) is 0 Å². The van der Waals surface area contributed by atoms with E-state index in [4.69, 9.17) is 0 Å². The lowest BCUT2D eigenvalue weighted by Gasteiger charge is -2.18. The number of nitrogens with one attached hydrogen (secondary N) is 2. The number of unbranched alkanes of at least 4 members (excludes halogenated alkanes) is 2. The SMILES string of the molecule is CCCCC=C(NC(C)C)NC(C)C. The summed E-state index contributed by atoms with van der Waals surface area (Å²) in [6.45, 7) is 10.9. The molecule has 2 heteroatoms. The van der Waals surface area contributed by atoms with Crippen molar-refractivity contribution in [3.63, 3.8) is 0 Å². The Bertz CT molecular complexity index is 148. The van der Waals surface area contributed by atoms with E-state index in [0.717, 1.165) is 6.42 Å². The Balaban J connectivity index is 4.01. The second-order valence-electron chi connectivity index (χ2n) is 4.36. The van der Waals surface area contributed by atoms with Gasteiger partial charge in [0.2, 0.25) is 0 Å². The van der Waals surface area contributed by atoms with Gasteiger partial charge in [0.1, 0.15) is 0 Å². The highest BCUT2D eigenvalue weighted by Crippen LogP contribution is 1.99. The molecule has 0 aliphatic rings. The fourth-order valence-corrected chi connectivity index (χ4v) is 1.23. The standard InChI is InChI=1S/C12H26N2/c1-6-7-8-9-12(13-10(2)3)14-11(4)5/h9-11,13-14H,6-8H2,1-5H3. The summed E-state index contributed by atoms with van der Waals surface area (Å²) in [5.41, 5.74) is 0. The Labute approximate surface area is 89.2 Å². The molecule has 0 fully saturated rings. The topological polar surface area (TPSA) is 24.1 Å². The molecule has 0 aromatic carbocycles. The Morgan fingerprint density at radius 1 is 1.07 bits per heavy atom. The van der Waals surface area contributed by atoms with Gasteiger partial charge in [-0.15, -0.1) is 0 Å². The quantitative estimate of drug-likeness (QED) is 0.614. The van der Waals surface area contributed by atoms with Crippen molar-refractivity contribution in [3.05, 3.63) is 11.9 Å². The van der Waals surface area contributed by atoms with Gasteiger partial charge >= 0.3 is 0 Å². The fourth-order valence-electron chi connectivity index (χ4n) is 1.23. The zero-order valence-electron chi connectivity index (χ0n) is 10.4. The van der Waals surface area contributed by atoms with Gasteiger partial charge in [0.05, 0.1) is 5.82 Å². The maximum Gasteiger partial charge on any atom is 0.0949 e. The smallest absolute Gasteiger partial charge is 0.0949 e. The Kier molecular flexibility index (Phi) is 7.35. The summed E-state index contributed by atoms with van der Waals surface area (Å²) in [5, 5.41) is 6.84. The van der Waals surface area contributed by atoms with E-state index in [2.05, 4.69) is 51.3 Å². The maximum absolute atomic E-state index is 3.42. The van der Waals surface area contributed by atoms with Crippen molar-refractivity contribution in [2.75, 3.05) is 0 Å². The molecule has 2 nitrogen and oxygen atoms in total. The molecule has 0 radical (unpaired) electrons. The van der Waals surface area contributed by atoms with Gasteiger partial charge in [0.25, 0.3) is 0 Å². The predicted molar refractivity (Wildman–Crippen MR) is 64.2 cm³/mol. The molecule has 0 aliphatic carbocycles. The minimum atomic E-state index is 0.495. The molecule has 0 amide bonds. The highest BCUT2D eigenvalue weighted by Gasteiger charge is 1.99. The third kappa shape index (κ3) is 7.96. The molecule has 0 rings (SSSR count). The molecule has 0 spiro atoms. The van der Waals surface area contributed by atoms with Crippen LogP contribution in [0.3, 0.4) is 0 Å². The van der Waals surface area contributed by atoms with Crippen molar-refractivity contribution in [2.45, 2.75) is 66.0 Å². The van der Waals surface area contributed by atoms with Crippen LogP contribution in [0.25, 0.3) is 0 Å². The van der Waals surface area contributed by atoms with E-state index in [9.17, 15) is 0 Å². The second kappa shape index (κ2) is 7.72. The molecule has 0 unspecified atom stereocenters. The summed E-state index contributed by atoms with van der Waals surface area (Å²) >= 11 is 0. The molecule has 2 N–H and O–H groups in total. The molecule has 84 valence electrons.